The molecule has 98 valence electrons. The van der Waals surface area contributed by atoms with E-state index in [1.54, 1.807) is 19.1 Å². The predicted molar refractivity (Wildman–Crippen MR) is 68.1 cm³/mol. The fourth-order valence-corrected chi connectivity index (χ4v) is 1.34. The quantitative estimate of drug-likeness (QED) is 0.732. The number of ketones is 1. The van der Waals surface area contributed by atoms with Gasteiger partial charge in [0.25, 0.3) is 0 Å². The van der Waals surface area contributed by atoms with Crippen molar-refractivity contribution in [3.63, 3.8) is 0 Å². The standard InChI is InChI=1S/C13H18N2O3/c1-9(16)2-3-10-4-6-11(7-5-10)18-8-12(14)13(15)17/h4-7,12H,2-3,8,14H2,1H3,(H2,15,17). The lowest BCUT2D eigenvalue weighted by Crippen LogP contribution is -2.41. The van der Waals surface area contributed by atoms with E-state index >= 15 is 0 Å². The Balaban J connectivity index is 2.45. The highest BCUT2D eigenvalue weighted by molar-refractivity contribution is 5.79. The molecule has 1 amide bonds. The summed E-state index contributed by atoms with van der Waals surface area (Å²) in [5, 5.41) is 0. The summed E-state index contributed by atoms with van der Waals surface area (Å²) in [5.74, 6) is 0.203. The lowest BCUT2D eigenvalue weighted by atomic mass is 10.1. The van der Waals surface area contributed by atoms with Gasteiger partial charge >= 0.3 is 0 Å². The zero-order chi connectivity index (χ0) is 13.5. The van der Waals surface area contributed by atoms with Crippen molar-refractivity contribution in [2.75, 3.05) is 6.61 Å². The second-order valence-corrected chi connectivity index (χ2v) is 4.17. The van der Waals surface area contributed by atoms with Gasteiger partial charge in [-0.05, 0) is 31.0 Å². The fourth-order valence-electron chi connectivity index (χ4n) is 1.34. The number of carbonyl (C=O) groups excluding carboxylic acids is 2. The minimum Gasteiger partial charge on any atom is -0.491 e. The molecule has 0 radical (unpaired) electrons. The van der Waals surface area contributed by atoms with E-state index in [1.165, 1.54) is 0 Å². The first-order valence-corrected chi connectivity index (χ1v) is 5.75. The molecule has 0 aliphatic rings. The van der Waals surface area contributed by atoms with E-state index in [9.17, 15) is 9.59 Å². The number of benzene rings is 1. The number of amides is 1. The van der Waals surface area contributed by atoms with Crippen molar-refractivity contribution in [2.24, 2.45) is 11.5 Å². The summed E-state index contributed by atoms with van der Waals surface area (Å²) < 4.78 is 5.32. The van der Waals surface area contributed by atoms with Gasteiger partial charge in [0.05, 0.1) is 0 Å². The van der Waals surface area contributed by atoms with Crippen molar-refractivity contribution in [1.29, 1.82) is 0 Å². The van der Waals surface area contributed by atoms with Crippen LogP contribution in [-0.4, -0.2) is 24.3 Å². The normalized spacial score (nSPS) is 11.9. The molecule has 0 aromatic heterocycles. The zero-order valence-corrected chi connectivity index (χ0v) is 10.4. The summed E-state index contributed by atoms with van der Waals surface area (Å²) in [6, 6.07) is 6.52. The number of ether oxygens (including phenoxy) is 1. The molecule has 18 heavy (non-hydrogen) atoms. The van der Waals surface area contributed by atoms with Crippen LogP contribution in [0.1, 0.15) is 18.9 Å². The maximum Gasteiger partial charge on any atom is 0.237 e. The number of carbonyl (C=O) groups is 2. The molecule has 0 bridgehead atoms. The van der Waals surface area contributed by atoms with Gasteiger partial charge in [0.1, 0.15) is 24.2 Å². The smallest absolute Gasteiger partial charge is 0.237 e. The zero-order valence-electron chi connectivity index (χ0n) is 10.4. The predicted octanol–water partition coefficient (Wildman–Crippen LogP) is 0.400. The van der Waals surface area contributed by atoms with Crippen molar-refractivity contribution in [1.82, 2.24) is 0 Å². The molecule has 1 aromatic rings. The Morgan fingerprint density at radius 3 is 2.39 bits per heavy atom. The van der Waals surface area contributed by atoms with Crippen LogP contribution < -0.4 is 16.2 Å². The molecule has 0 aliphatic heterocycles. The Hall–Kier alpha value is -1.88. The largest absolute Gasteiger partial charge is 0.491 e. The van der Waals surface area contributed by atoms with Crippen molar-refractivity contribution >= 4 is 11.7 Å². The number of nitrogens with two attached hydrogens (primary N) is 2. The van der Waals surface area contributed by atoms with Gasteiger partial charge in [-0.25, -0.2) is 0 Å². The highest BCUT2D eigenvalue weighted by Crippen LogP contribution is 2.13. The Morgan fingerprint density at radius 2 is 1.89 bits per heavy atom. The van der Waals surface area contributed by atoms with E-state index in [-0.39, 0.29) is 12.4 Å². The molecule has 1 rings (SSSR count). The van der Waals surface area contributed by atoms with Crippen LogP contribution in [0.25, 0.3) is 0 Å². The molecule has 1 aromatic carbocycles. The minimum absolute atomic E-state index is 0.0577. The summed E-state index contributed by atoms with van der Waals surface area (Å²) in [6.07, 6.45) is 1.25. The first-order valence-electron chi connectivity index (χ1n) is 5.75. The number of aryl methyl sites for hydroxylation is 1. The Bertz CT molecular complexity index is 415. The average molecular weight is 250 g/mol. The summed E-state index contributed by atoms with van der Waals surface area (Å²) in [4.78, 5) is 21.6. The van der Waals surface area contributed by atoms with Crippen LogP contribution in [0, 0.1) is 0 Å². The van der Waals surface area contributed by atoms with E-state index in [1.807, 2.05) is 12.1 Å². The molecule has 0 saturated heterocycles. The third-order valence-electron chi connectivity index (χ3n) is 2.48. The molecule has 0 spiro atoms. The first-order chi connectivity index (χ1) is 8.49. The molecule has 1 atom stereocenters. The van der Waals surface area contributed by atoms with E-state index in [0.717, 1.165) is 12.0 Å². The van der Waals surface area contributed by atoms with E-state index in [0.29, 0.717) is 12.2 Å². The molecular formula is C13H18N2O3. The number of primary amides is 1. The first kappa shape index (κ1) is 14.2. The van der Waals surface area contributed by atoms with Crippen LogP contribution in [-0.2, 0) is 16.0 Å². The Morgan fingerprint density at radius 1 is 1.28 bits per heavy atom. The van der Waals surface area contributed by atoms with E-state index in [2.05, 4.69) is 0 Å². The molecule has 0 saturated carbocycles. The number of hydrogen-bond acceptors (Lipinski definition) is 4. The van der Waals surface area contributed by atoms with Crippen LogP contribution in [0.5, 0.6) is 5.75 Å². The van der Waals surface area contributed by atoms with Gasteiger partial charge in [0.2, 0.25) is 5.91 Å². The summed E-state index contributed by atoms with van der Waals surface area (Å²) in [5.41, 5.74) is 11.5. The second kappa shape index (κ2) is 6.76. The third kappa shape index (κ3) is 4.97. The van der Waals surface area contributed by atoms with Crippen molar-refractivity contribution in [2.45, 2.75) is 25.8 Å². The second-order valence-electron chi connectivity index (χ2n) is 4.17. The fraction of sp³-hybridized carbons (Fsp3) is 0.385. The maximum atomic E-state index is 10.8. The van der Waals surface area contributed by atoms with Gasteiger partial charge in [-0.1, -0.05) is 12.1 Å². The maximum absolute atomic E-state index is 10.8. The van der Waals surface area contributed by atoms with Crippen LogP contribution in [0.2, 0.25) is 0 Å². The Kier molecular flexibility index (Phi) is 5.32. The molecule has 4 N–H and O–H groups in total. The van der Waals surface area contributed by atoms with E-state index < -0.39 is 11.9 Å². The number of Topliss-reactive ketones (excluding diaryl/α,β-unsaturated/α-hetero) is 1. The van der Waals surface area contributed by atoms with Crippen molar-refractivity contribution in [3.05, 3.63) is 29.8 Å². The highest BCUT2D eigenvalue weighted by Gasteiger charge is 2.09. The molecule has 1 unspecified atom stereocenters. The summed E-state index contributed by atoms with van der Waals surface area (Å²) in [7, 11) is 0. The molecule has 5 nitrogen and oxygen atoms in total. The van der Waals surface area contributed by atoms with Crippen LogP contribution in [0.15, 0.2) is 24.3 Å². The van der Waals surface area contributed by atoms with Crippen LogP contribution in [0.3, 0.4) is 0 Å². The molecule has 0 heterocycles. The van der Waals surface area contributed by atoms with Gasteiger partial charge in [-0.15, -0.1) is 0 Å². The lowest BCUT2D eigenvalue weighted by molar-refractivity contribution is -0.120. The molecule has 0 aliphatic carbocycles. The van der Waals surface area contributed by atoms with Gasteiger partial charge < -0.3 is 21.0 Å². The number of hydrogen-bond donors (Lipinski definition) is 2. The Labute approximate surface area is 106 Å². The monoisotopic (exact) mass is 250 g/mol. The summed E-state index contributed by atoms with van der Waals surface area (Å²) in [6.45, 7) is 1.63. The molecule has 0 fully saturated rings. The van der Waals surface area contributed by atoms with Crippen LogP contribution >= 0.6 is 0 Å². The van der Waals surface area contributed by atoms with Crippen molar-refractivity contribution < 1.29 is 14.3 Å². The highest BCUT2D eigenvalue weighted by atomic mass is 16.5. The van der Waals surface area contributed by atoms with Crippen LogP contribution in [0.4, 0.5) is 0 Å². The van der Waals surface area contributed by atoms with Gasteiger partial charge in [-0.3, -0.25) is 4.79 Å². The third-order valence-corrected chi connectivity index (χ3v) is 2.48. The van der Waals surface area contributed by atoms with E-state index in [4.69, 9.17) is 16.2 Å². The average Bonchev–Trinajstić information content (AvgIpc) is 2.34. The van der Waals surface area contributed by atoms with Gasteiger partial charge in [-0.2, -0.15) is 0 Å². The van der Waals surface area contributed by atoms with Crippen molar-refractivity contribution in [3.8, 4) is 5.75 Å². The number of rotatable bonds is 7. The summed E-state index contributed by atoms with van der Waals surface area (Å²) >= 11 is 0. The lowest BCUT2D eigenvalue weighted by Gasteiger charge is -2.10. The molecule has 5 heteroatoms. The molecular weight excluding hydrogens is 232 g/mol. The van der Waals surface area contributed by atoms with Gasteiger partial charge in [0, 0.05) is 6.42 Å². The van der Waals surface area contributed by atoms with Gasteiger partial charge in [0.15, 0.2) is 0 Å². The minimum atomic E-state index is -0.803. The topological polar surface area (TPSA) is 95.4 Å². The SMILES string of the molecule is CC(=O)CCc1ccc(OCC(N)C(N)=O)cc1.